The van der Waals surface area contributed by atoms with Crippen molar-refractivity contribution in [3.05, 3.63) is 0 Å². The van der Waals surface area contributed by atoms with E-state index in [4.69, 9.17) is 0 Å². The molecule has 0 aromatic carbocycles. The molecule has 0 saturated carbocycles. The molecule has 0 aromatic rings. The minimum atomic E-state index is -3.21. The number of nitrogens with one attached hydrogen (secondary N) is 1. The summed E-state index contributed by atoms with van der Waals surface area (Å²) in [6.45, 7) is 12.0. The van der Waals surface area contributed by atoms with Gasteiger partial charge in [0.2, 0.25) is 10.0 Å². The van der Waals surface area contributed by atoms with Gasteiger partial charge in [0, 0.05) is 11.4 Å². The zero-order valence-electron chi connectivity index (χ0n) is 11.8. The van der Waals surface area contributed by atoms with Crippen LogP contribution in [0.3, 0.4) is 0 Å². The largest absolute Gasteiger partial charge is 0.212 e. The molecule has 0 aliphatic heterocycles. The molecule has 0 radical (unpaired) electrons. The van der Waals surface area contributed by atoms with Gasteiger partial charge in [-0.2, -0.15) is 0 Å². The van der Waals surface area contributed by atoms with Gasteiger partial charge in [-0.3, -0.25) is 0 Å². The molecular formula is C12H26BrNO2S. The fraction of sp³-hybridized carbons (Fsp3) is 1.00. The van der Waals surface area contributed by atoms with E-state index >= 15 is 0 Å². The van der Waals surface area contributed by atoms with Crippen LogP contribution in [-0.2, 0) is 10.0 Å². The lowest BCUT2D eigenvalue weighted by atomic mass is 9.86. The fourth-order valence-electron chi connectivity index (χ4n) is 1.61. The number of hydrogen-bond donors (Lipinski definition) is 1. The van der Waals surface area contributed by atoms with Crippen molar-refractivity contribution in [1.82, 2.24) is 4.72 Å². The zero-order valence-corrected chi connectivity index (χ0v) is 14.2. The minimum absolute atomic E-state index is 0.0331. The first kappa shape index (κ1) is 17.4. The Bertz CT molecular complexity index is 325. The van der Waals surface area contributed by atoms with E-state index in [0.29, 0.717) is 0 Å². The van der Waals surface area contributed by atoms with E-state index in [-0.39, 0.29) is 22.6 Å². The Morgan fingerprint density at radius 1 is 1.12 bits per heavy atom. The van der Waals surface area contributed by atoms with Crippen LogP contribution in [0.25, 0.3) is 0 Å². The number of rotatable bonds is 5. The molecule has 5 heteroatoms. The standard InChI is InChI=1S/C12H26BrNO2S/c1-11(2,3)9-17(15,16)14-10(7-8-13)12(4,5)6/h10,14H,7-9H2,1-6H3. The second kappa shape index (κ2) is 6.02. The summed E-state index contributed by atoms with van der Waals surface area (Å²) < 4.78 is 26.9. The molecular weight excluding hydrogens is 302 g/mol. The number of halogens is 1. The molecule has 0 saturated heterocycles. The summed E-state index contributed by atoms with van der Waals surface area (Å²) >= 11 is 3.38. The molecule has 3 nitrogen and oxygen atoms in total. The maximum absolute atomic E-state index is 12.1. The highest BCUT2D eigenvalue weighted by Crippen LogP contribution is 2.24. The van der Waals surface area contributed by atoms with E-state index < -0.39 is 10.0 Å². The molecule has 0 spiro atoms. The van der Waals surface area contributed by atoms with Crippen molar-refractivity contribution in [1.29, 1.82) is 0 Å². The van der Waals surface area contributed by atoms with Crippen LogP contribution in [0.1, 0.15) is 48.0 Å². The van der Waals surface area contributed by atoms with Crippen LogP contribution in [0.15, 0.2) is 0 Å². The smallest absolute Gasteiger partial charge is 0.212 e. The van der Waals surface area contributed by atoms with Gasteiger partial charge in [0.05, 0.1) is 5.75 Å². The molecule has 17 heavy (non-hydrogen) atoms. The van der Waals surface area contributed by atoms with Gasteiger partial charge < -0.3 is 0 Å². The predicted octanol–water partition coefficient (Wildman–Crippen LogP) is 3.15. The third-order valence-electron chi connectivity index (χ3n) is 2.39. The van der Waals surface area contributed by atoms with E-state index in [0.717, 1.165) is 11.8 Å². The van der Waals surface area contributed by atoms with Crippen LogP contribution >= 0.6 is 15.9 Å². The molecule has 0 aromatic heterocycles. The SMILES string of the molecule is CC(C)(C)CS(=O)(=O)NC(CCBr)C(C)(C)C. The Hall–Kier alpha value is 0.390. The first-order valence-electron chi connectivity index (χ1n) is 5.93. The highest BCUT2D eigenvalue weighted by atomic mass is 79.9. The summed E-state index contributed by atoms with van der Waals surface area (Å²) in [5.74, 6) is 0.162. The maximum Gasteiger partial charge on any atom is 0.212 e. The molecule has 1 unspecified atom stereocenters. The first-order valence-corrected chi connectivity index (χ1v) is 8.71. The molecule has 0 rings (SSSR count). The topological polar surface area (TPSA) is 46.2 Å². The molecule has 104 valence electrons. The molecule has 0 aliphatic rings. The van der Waals surface area contributed by atoms with Gasteiger partial charge in [-0.05, 0) is 17.3 Å². The molecule has 0 aliphatic carbocycles. The van der Waals surface area contributed by atoms with Crippen LogP contribution in [0.4, 0.5) is 0 Å². The van der Waals surface area contributed by atoms with Crippen LogP contribution in [0.5, 0.6) is 0 Å². The van der Waals surface area contributed by atoms with Gasteiger partial charge in [0.1, 0.15) is 0 Å². The van der Waals surface area contributed by atoms with Crippen molar-refractivity contribution in [2.75, 3.05) is 11.1 Å². The molecule has 0 fully saturated rings. The molecule has 1 atom stereocenters. The van der Waals surface area contributed by atoms with E-state index in [1.54, 1.807) is 0 Å². The summed E-state index contributed by atoms with van der Waals surface area (Å²) in [7, 11) is -3.21. The van der Waals surface area contributed by atoms with Gasteiger partial charge in [-0.25, -0.2) is 13.1 Å². The maximum atomic E-state index is 12.1. The van der Waals surface area contributed by atoms with Crippen molar-refractivity contribution in [2.45, 2.75) is 54.0 Å². The zero-order chi connectivity index (χ0) is 13.9. The lowest BCUT2D eigenvalue weighted by Gasteiger charge is -2.32. The van der Waals surface area contributed by atoms with E-state index in [2.05, 4.69) is 41.4 Å². The Morgan fingerprint density at radius 3 is 1.88 bits per heavy atom. The monoisotopic (exact) mass is 327 g/mol. The molecule has 0 amide bonds. The molecule has 0 heterocycles. The minimum Gasteiger partial charge on any atom is -0.212 e. The lowest BCUT2D eigenvalue weighted by Crippen LogP contribution is -2.46. The van der Waals surface area contributed by atoms with Crippen molar-refractivity contribution in [3.63, 3.8) is 0 Å². The van der Waals surface area contributed by atoms with Crippen molar-refractivity contribution >= 4 is 26.0 Å². The Kier molecular flexibility index (Phi) is 6.16. The number of alkyl halides is 1. The normalized spacial score (nSPS) is 15.9. The molecule has 1 N–H and O–H groups in total. The van der Waals surface area contributed by atoms with Crippen LogP contribution in [0, 0.1) is 10.8 Å². The van der Waals surface area contributed by atoms with Gasteiger partial charge in [0.15, 0.2) is 0 Å². The van der Waals surface area contributed by atoms with Crippen LogP contribution in [-0.4, -0.2) is 25.5 Å². The van der Waals surface area contributed by atoms with Crippen molar-refractivity contribution in [2.24, 2.45) is 10.8 Å². The Balaban J connectivity index is 4.77. The Labute approximate surface area is 115 Å². The second-order valence-electron chi connectivity index (χ2n) is 6.83. The van der Waals surface area contributed by atoms with E-state index in [9.17, 15) is 8.42 Å². The number of hydrogen-bond acceptors (Lipinski definition) is 2. The second-order valence-corrected chi connectivity index (χ2v) is 9.38. The van der Waals surface area contributed by atoms with Crippen molar-refractivity contribution < 1.29 is 8.42 Å². The lowest BCUT2D eigenvalue weighted by molar-refractivity contribution is 0.292. The van der Waals surface area contributed by atoms with E-state index in [1.165, 1.54) is 0 Å². The van der Waals surface area contributed by atoms with Crippen LogP contribution < -0.4 is 4.72 Å². The van der Waals surface area contributed by atoms with Gasteiger partial charge in [-0.1, -0.05) is 57.5 Å². The summed E-state index contributed by atoms with van der Waals surface area (Å²) in [6.07, 6.45) is 0.798. The summed E-state index contributed by atoms with van der Waals surface area (Å²) in [5, 5.41) is 0.799. The number of sulfonamides is 1. The quantitative estimate of drug-likeness (QED) is 0.788. The third-order valence-corrected chi connectivity index (χ3v) is 4.74. The molecule has 0 bridgehead atoms. The predicted molar refractivity (Wildman–Crippen MR) is 78.0 cm³/mol. The fourth-order valence-corrected chi connectivity index (χ4v) is 4.19. The van der Waals surface area contributed by atoms with Crippen LogP contribution in [0.2, 0.25) is 0 Å². The Morgan fingerprint density at radius 2 is 1.59 bits per heavy atom. The average Bonchev–Trinajstić information content (AvgIpc) is 1.96. The first-order chi connectivity index (χ1) is 7.37. The van der Waals surface area contributed by atoms with Gasteiger partial charge >= 0.3 is 0 Å². The van der Waals surface area contributed by atoms with Crippen molar-refractivity contribution in [3.8, 4) is 0 Å². The van der Waals surface area contributed by atoms with E-state index in [1.807, 2.05) is 20.8 Å². The highest BCUT2D eigenvalue weighted by molar-refractivity contribution is 9.09. The third kappa shape index (κ3) is 8.16. The summed E-state index contributed by atoms with van der Waals surface area (Å²) in [5.41, 5.74) is -0.290. The van der Waals surface area contributed by atoms with Gasteiger partial charge in [0.25, 0.3) is 0 Å². The average molecular weight is 328 g/mol. The highest BCUT2D eigenvalue weighted by Gasteiger charge is 2.30. The summed E-state index contributed by atoms with van der Waals surface area (Å²) in [4.78, 5) is 0. The summed E-state index contributed by atoms with van der Waals surface area (Å²) in [6, 6.07) is -0.0331. The van der Waals surface area contributed by atoms with Gasteiger partial charge in [-0.15, -0.1) is 0 Å².